The number of benzene rings is 1. The predicted octanol–water partition coefficient (Wildman–Crippen LogP) is 5.19. The van der Waals surface area contributed by atoms with Crippen molar-refractivity contribution < 1.29 is 0 Å². The van der Waals surface area contributed by atoms with Gasteiger partial charge in [0.25, 0.3) is 0 Å². The average Bonchev–Trinajstić information content (AvgIpc) is 2.66. The number of nitrogens with one attached hydrogen (secondary N) is 1. The number of anilines is 1. The number of thiophene rings is 1. The Morgan fingerprint density at radius 1 is 1.25 bits per heavy atom. The van der Waals surface area contributed by atoms with E-state index in [0.29, 0.717) is 0 Å². The van der Waals surface area contributed by atoms with E-state index in [1.165, 1.54) is 14.9 Å². The summed E-state index contributed by atoms with van der Waals surface area (Å²) in [6.07, 6.45) is 0. The highest BCUT2D eigenvalue weighted by Crippen LogP contribution is 2.25. The fraction of sp³-hybridized carbons (Fsp3) is 0.167. The van der Waals surface area contributed by atoms with Gasteiger partial charge < -0.3 is 5.32 Å². The van der Waals surface area contributed by atoms with Gasteiger partial charge in [-0.2, -0.15) is 0 Å². The maximum Gasteiger partial charge on any atom is 0.0701 e. The summed E-state index contributed by atoms with van der Waals surface area (Å²) in [6, 6.07) is 8.45. The molecule has 0 aliphatic heterocycles. The van der Waals surface area contributed by atoms with E-state index in [0.717, 1.165) is 16.7 Å². The van der Waals surface area contributed by atoms with Crippen LogP contribution in [-0.2, 0) is 6.54 Å². The van der Waals surface area contributed by atoms with Gasteiger partial charge in [0.05, 0.1) is 3.79 Å². The molecule has 16 heavy (non-hydrogen) atoms. The summed E-state index contributed by atoms with van der Waals surface area (Å²) in [5, 5.41) is 5.58. The minimum absolute atomic E-state index is 0.851. The average molecular weight is 361 g/mol. The lowest BCUT2D eigenvalue weighted by Crippen LogP contribution is -1.98. The monoisotopic (exact) mass is 359 g/mol. The quantitative estimate of drug-likeness (QED) is 0.793. The summed E-state index contributed by atoms with van der Waals surface area (Å²) >= 11 is 8.72. The smallest absolute Gasteiger partial charge is 0.0701 e. The maximum absolute atomic E-state index is 3.54. The van der Waals surface area contributed by atoms with Crippen molar-refractivity contribution in [1.29, 1.82) is 0 Å². The lowest BCUT2D eigenvalue weighted by atomic mass is 10.2. The zero-order valence-corrected chi connectivity index (χ0v) is 12.7. The van der Waals surface area contributed by atoms with Crippen LogP contribution in [0.25, 0.3) is 0 Å². The number of aryl methyl sites for hydroxylation is 1. The van der Waals surface area contributed by atoms with E-state index >= 15 is 0 Å². The van der Waals surface area contributed by atoms with Crippen molar-refractivity contribution in [2.45, 2.75) is 13.5 Å². The molecule has 1 aromatic heterocycles. The largest absolute Gasteiger partial charge is 0.380 e. The van der Waals surface area contributed by atoms with Crippen LogP contribution in [0, 0.1) is 6.92 Å². The van der Waals surface area contributed by atoms with Crippen LogP contribution >= 0.6 is 43.2 Å². The normalized spacial score (nSPS) is 10.4. The van der Waals surface area contributed by atoms with Gasteiger partial charge in [0, 0.05) is 16.7 Å². The molecule has 0 atom stereocenters. The first-order valence-electron chi connectivity index (χ1n) is 4.88. The molecule has 4 heteroatoms. The second kappa shape index (κ2) is 5.34. The number of hydrogen-bond acceptors (Lipinski definition) is 2. The Hall–Kier alpha value is -0.320. The van der Waals surface area contributed by atoms with Gasteiger partial charge in [-0.25, -0.2) is 0 Å². The summed E-state index contributed by atoms with van der Waals surface area (Å²) < 4.78 is 2.28. The topological polar surface area (TPSA) is 12.0 Å². The molecule has 0 unspecified atom stereocenters. The minimum atomic E-state index is 0.851. The Balaban J connectivity index is 2.07. The first-order valence-corrected chi connectivity index (χ1v) is 7.34. The van der Waals surface area contributed by atoms with Crippen LogP contribution in [0.3, 0.4) is 0 Å². The van der Waals surface area contributed by atoms with Crippen LogP contribution in [0.2, 0.25) is 0 Å². The van der Waals surface area contributed by atoms with E-state index in [9.17, 15) is 0 Å². The second-order valence-electron chi connectivity index (χ2n) is 3.60. The van der Waals surface area contributed by atoms with Crippen LogP contribution in [0.5, 0.6) is 0 Å². The predicted molar refractivity (Wildman–Crippen MR) is 78.2 cm³/mol. The summed E-state index contributed by atoms with van der Waals surface area (Å²) in [7, 11) is 0. The second-order valence-corrected chi connectivity index (χ2v) is 6.74. The minimum Gasteiger partial charge on any atom is -0.380 e. The van der Waals surface area contributed by atoms with E-state index in [1.54, 1.807) is 11.3 Å². The number of halogens is 2. The van der Waals surface area contributed by atoms with Gasteiger partial charge in [-0.05, 0) is 73.5 Å². The van der Waals surface area contributed by atoms with Gasteiger partial charge in [-0.15, -0.1) is 11.3 Å². The van der Waals surface area contributed by atoms with E-state index in [1.807, 2.05) is 0 Å². The zero-order chi connectivity index (χ0) is 11.5. The van der Waals surface area contributed by atoms with E-state index in [-0.39, 0.29) is 0 Å². The van der Waals surface area contributed by atoms with Crippen molar-refractivity contribution in [3.63, 3.8) is 0 Å². The first kappa shape index (κ1) is 12.1. The molecule has 1 heterocycles. The molecule has 0 saturated carbocycles. The van der Waals surface area contributed by atoms with Crippen molar-refractivity contribution >= 4 is 48.9 Å². The van der Waals surface area contributed by atoms with Crippen LogP contribution < -0.4 is 5.32 Å². The molecule has 0 aliphatic carbocycles. The standard InChI is InChI=1S/C12H11Br2NS/c1-8-2-3-10(13)11(4-8)15-6-9-5-12(14)16-7-9/h2-5,7,15H,6H2,1H3. The summed E-state index contributed by atoms with van der Waals surface area (Å²) in [5.74, 6) is 0. The Morgan fingerprint density at radius 3 is 2.75 bits per heavy atom. The highest BCUT2D eigenvalue weighted by atomic mass is 79.9. The SMILES string of the molecule is Cc1ccc(Br)c(NCc2csc(Br)c2)c1. The molecule has 0 bridgehead atoms. The van der Waals surface area contributed by atoms with Gasteiger partial charge >= 0.3 is 0 Å². The molecule has 2 rings (SSSR count). The summed E-state index contributed by atoms with van der Waals surface area (Å²) in [6.45, 7) is 2.95. The Kier molecular flexibility index (Phi) is 4.05. The molecule has 0 radical (unpaired) electrons. The van der Waals surface area contributed by atoms with E-state index in [2.05, 4.69) is 73.7 Å². The highest BCUT2D eigenvalue weighted by Gasteiger charge is 2.01. The molecule has 0 aliphatic rings. The van der Waals surface area contributed by atoms with Gasteiger partial charge in [-0.3, -0.25) is 0 Å². The Bertz CT molecular complexity index is 494. The van der Waals surface area contributed by atoms with Crippen molar-refractivity contribution in [3.8, 4) is 0 Å². The third-order valence-corrected chi connectivity index (χ3v) is 4.47. The van der Waals surface area contributed by atoms with Crippen molar-refractivity contribution in [3.05, 3.63) is 49.0 Å². The molecule has 0 spiro atoms. The van der Waals surface area contributed by atoms with Crippen molar-refractivity contribution in [2.24, 2.45) is 0 Å². The van der Waals surface area contributed by atoms with Crippen molar-refractivity contribution in [1.82, 2.24) is 0 Å². The lowest BCUT2D eigenvalue weighted by Gasteiger charge is -2.08. The van der Waals surface area contributed by atoms with E-state index in [4.69, 9.17) is 0 Å². The first-order chi connectivity index (χ1) is 7.65. The maximum atomic E-state index is 3.54. The molecule has 0 saturated heterocycles. The van der Waals surface area contributed by atoms with Gasteiger partial charge in [-0.1, -0.05) is 6.07 Å². The molecule has 1 N–H and O–H groups in total. The molecule has 1 aromatic carbocycles. The molecule has 2 aromatic rings. The fourth-order valence-corrected chi connectivity index (χ4v) is 3.01. The fourth-order valence-electron chi connectivity index (χ4n) is 1.41. The summed E-state index contributed by atoms with van der Waals surface area (Å²) in [5.41, 5.74) is 3.70. The summed E-state index contributed by atoms with van der Waals surface area (Å²) in [4.78, 5) is 0. The van der Waals surface area contributed by atoms with Crippen LogP contribution in [0.4, 0.5) is 5.69 Å². The number of rotatable bonds is 3. The van der Waals surface area contributed by atoms with Crippen LogP contribution in [0.15, 0.2) is 37.9 Å². The van der Waals surface area contributed by atoms with Gasteiger partial charge in [0.15, 0.2) is 0 Å². The Labute approximate surface area is 116 Å². The molecule has 1 nitrogen and oxygen atoms in total. The van der Waals surface area contributed by atoms with Crippen LogP contribution in [-0.4, -0.2) is 0 Å². The third-order valence-electron chi connectivity index (χ3n) is 2.23. The van der Waals surface area contributed by atoms with Crippen LogP contribution in [0.1, 0.15) is 11.1 Å². The molecule has 0 amide bonds. The zero-order valence-electron chi connectivity index (χ0n) is 8.76. The lowest BCUT2D eigenvalue weighted by molar-refractivity contribution is 1.16. The molecular formula is C12H11Br2NS. The molecule has 0 fully saturated rings. The molecule has 84 valence electrons. The Morgan fingerprint density at radius 2 is 2.06 bits per heavy atom. The number of hydrogen-bond donors (Lipinski definition) is 1. The van der Waals surface area contributed by atoms with Gasteiger partial charge in [0.1, 0.15) is 0 Å². The van der Waals surface area contributed by atoms with Crippen molar-refractivity contribution in [2.75, 3.05) is 5.32 Å². The van der Waals surface area contributed by atoms with E-state index < -0.39 is 0 Å². The molecular weight excluding hydrogens is 350 g/mol. The highest BCUT2D eigenvalue weighted by molar-refractivity contribution is 9.11. The third kappa shape index (κ3) is 3.09. The van der Waals surface area contributed by atoms with Gasteiger partial charge in [0.2, 0.25) is 0 Å².